The lowest BCUT2D eigenvalue weighted by Gasteiger charge is -2.32. The number of rotatable bonds is 5. The van der Waals surface area contributed by atoms with Crippen LogP contribution in [0.3, 0.4) is 0 Å². The molecule has 8 heteroatoms. The summed E-state index contributed by atoms with van der Waals surface area (Å²) in [6, 6.07) is 11.2. The number of anilines is 2. The molecule has 1 aliphatic carbocycles. The van der Waals surface area contributed by atoms with Gasteiger partial charge in [-0.05, 0) is 98.4 Å². The van der Waals surface area contributed by atoms with E-state index in [1.165, 1.54) is 5.56 Å². The van der Waals surface area contributed by atoms with Gasteiger partial charge >= 0.3 is 18.1 Å². The van der Waals surface area contributed by atoms with Crippen molar-refractivity contribution >= 4 is 29.5 Å². The Kier molecular flexibility index (Phi) is 7.58. The van der Waals surface area contributed by atoms with Crippen LogP contribution < -0.4 is 10.6 Å². The minimum Gasteiger partial charge on any atom is -0.481 e. The second-order valence-electron chi connectivity index (χ2n) is 9.66. The summed E-state index contributed by atoms with van der Waals surface area (Å²) < 4.78 is 5.72. The third kappa shape index (κ3) is 6.53. The Bertz CT molecular complexity index is 1110. The summed E-state index contributed by atoms with van der Waals surface area (Å²) in [4.78, 5) is 37.7. The van der Waals surface area contributed by atoms with E-state index in [0.29, 0.717) is 38.0 Å². The van der Waals surface area contributed by atoms with E-state index in [1.807, 2.05) is 50.2 Å². The van der Waals surface area contributed by atoms with Gasteiger partial charge < -0.3 is 25.4 Å². The number of hydrogen-bond donors (Lipinski definition) is 3. The minimum atomic E-state index is -0.766. The van der Waals surface area contributed by atoms with Gasteiger partial charge in [-0.2, -0.15) is 0 Å². The van der Waals surface area contributed by atoms with E-state index in [0.717, 1.165) is 35.2 Å². The van der Waals surface area contributed by atoms with E-state index in [1.54, 1.807) is 4.90 Å². The van der Waals surface area contributed by atoms with Crippen LogP contribution in [-0.2, 0) is 22.5 Å². The van der Waals surface area contributed by atoms with E-state index in [2.05, 4.69) is 10.6 Å². The Morgan fingerprint density at radius 2 is 1.63 bits per heavy atom. The summed E-state index contributed by atoms with van der Waals surface area (Å²) in [6.45, 7) is 5.06. The van der Waals surface area contributed by atoms with Gasteiger partial charge in [0.1, 0.15) is 6.10 Å². The number of carbonyl (C=O) groups is 3. The van der Waals surface area contributed by atoms with Gasteiger partial charge in [-0.3, -0.25) is 4.79 Å². The van der Waals surface area contributed by atoms with Gasteiger partial charge in [-0.1, -0.05) is 12.1 Å². The molecule has 3 amide bonds. The van der Waals surface area contributed by atoms with Crippen LogP contribution in [0.5, 0.6) is 0 Å². The van der Waals surface area contributed by atoms with Crippen molar-refractivity contribution in [2.45, 2.75) is 65.0 Å². The minimum absolute atomic E-state index is 0.142. The molecule has 0 unspecified atom stereocenters. The summed E-state index contributed by atoms with van der Waals surface area (Å²) in [6.07, 6.45) is 3.40. The maximum absolute atomic E-state index is 12.7. The number of amides is 3. The molecule has 2 aromatic rings. The number of carboxylic acids is 1. The van der Waals surface area contributed by atoms with Gasteiger partial charge in [-0.25, -0.2) is 9.59 Å². The zero-order chi connectivity index (χ0) is 24.9. The molecule has 1 saturated carbocycles. The van der Waals surface area contributed by atoms with Gasteiger partial charge in [0.2, 0.25) is 0 Å². The van der Waals surface area contributed by atoms with E-state index in [-0.39, 0.29) is 30.6 Å². The first kappa shape index (κ1) is 24.6. The number of ether oxygens (including phenoxy) is 1. The van der Waals surface area contributed by atoms with Gasteiger partial charge in [0, 0.05) is 30.9 Å². The maximum Gasteiger partial charge on any atom is 0.410 e. The molecule has 2 aromatic carbocycles. The van der Waals surface area contributed by atoms with Crippen LogP contribution in [-0.4, -0.2) is 40.7 Å². The van der Waals surface area contributed by atoms with Crippen LogP contribution in [0.25, 0.3) is 0 Å². The fourth-order valence-corrected chi connectivity index (χ4v) is 4.82. The molecule has 4 rings (SSSR count). The molecule has 2 aliphatic rings. The quantitative estimate of drug-likeness (QED) is 0.527. The van der Waals surface area contributed by atoms with Crippen LogP contribution in [0.4, 0.5) is 21.0 Å². The number of urea groups is 1. The standard InChI is InChI=1S/C27H33N3O5/c1-17-3-7-22(13-18(17)2)28-26(33)29-23-8-6-21-16-30(12-11-20(21)15-23)27(34)35-24-9-4-19(5-10-24)14-25(31)32/h3,6-8,13,15,19,24H,4-5,9-12,14,16H2,1-2H3,(H,31,32)(H2,28,29,33)/t19-,24-. The molecule has 0 bridgehead atoms. The molecule has 1 aliphatic heterocycles. The topological polar surface area (TPSA) is 108 Å². The highest BCUT2D eigenvalue weighted by atomic mass is 16.6. The Morgan fingerprint density at radius 1 is 0.943 bits per heavy atom. The van der Waals surface area contributed by atoms with Crippen molar-refractivity contribution in [1.29, 1.82) is 0 Å². The first-order valence-corrected chi connectivity index (χ1v) is 12.2. The van der Waals surface area contributed by atoms with Crippen molar-refractivity contribution in [3.05, 3.63) is 58.7 Å². The molecule has 186 valence electrons. The molecule has 8 nitrogen and oxygen atoms in total. The first-order valence-electron chi connectivity index (χ1n) is 12.2. The third-order valence-electron chi connectivity index (χ3n) is 7.02. The number of aliphatic carboxylic acids is 1. The average molecular weight is 480 g/mol. The predicted octanol–water partition coefficient (Wildman–Crippen LogP) is 5.48. The summed E-state index contributed by atoms with van der Waals surface area (Å²) in [5, 5.41) is 14.7. The SMILES string of the molecule is Cc1ccc(NC(=O)Nc2ccc3c(c2)CCN(C(=O)O[C@H]2CC[C@H](CC(=O)O)CC2)C3)cc1C. The average Bonchev–Trinajstić information content (AvgIpc) is 2.82. The summed E-state index contributed by atoms with van der Waals surface area (Å²) in [5.41, 5.74) is 5.88. The van der Waals surface area contributed by atoms with Crippen molar-refractivity contribution in [3.63, 3.8) is 0 Å². The first-order chi connectivity index (χ1) is 16.8. The number of benzene rings is 2. The molecule has 1 heterocycles. The van der Waals surface area contributed by atoms with Crippen molar-refractivity contribution < 1.29 is 24.2 Å². The largest absolute Gasteiger partial charge is 0.481 e. The lowest BCUT2D eigenvalue weighted by molar-refractivity contribution is -0.138. The third-order valence-corrected chi connectivity index (χ3v) is 7.02. The lowest BCUT2D eigenvalue weighted by Crippen LogP contribution is -2.39. The van der Waals surface area contributed by atoms with Crippen LogP contribution in [0, 0.1) is 19.8 Å². The Labute approximate surface area is 205 Å². The van der Waals surface area contributed by atoms with Crippen molar-refractivity contribution in [2.75, 3.05) is 17.2 Å². The molecule has 0 atom stereocenters. The second kappa shape index (κ2) is 10.8. The number of nitrogens with one attached hydrogen (secondary N) is 2. The van der Waals surface area contributed by atoms with Gasteiger partial charge in [0.15, 0.2) is 0 Å². The molecule has 0 aromatic heterocycles. The molecule has 0 spiro atoms. The van der Waals surface area contributed by atoms with Crippen LogP contribution in [0.15, 0.2) is 36.4 Å². The fraction of sp³-hybridized carbons (Fsp3) is 0.444. The molecular weight excluding hydrogens is 446 g/mol. The van der Waals surface area contributed by atoms with Crippen molar-refractivity contribution in [1.82, 2.24) is 4.90 Å². The Balaban J connectivity index is 1.27. The fourth-order valence-electron chi connectivity index (χ4n) is 4.82. The number of fused-ring (bicyclic) bond motifs is 1. The van der Waals surface area contributed by atoms with Gasteiger partial charge in [0.25, 0.3) is 0 Å². The monoisotopic (exact) mass is 479 g/mol. The molecular formula is C27H33N3O5. The highest BCUT2D eigenvalue weighted by molar-refractivity contribution is 5.99. The summed E-state index contributed by atoms with van der Waals surface area (Å²) >= 11 is 0. The number of carboxylic acid groups (broad SMARTS) is 1. The summed E-state index contributed by atoms with van der Waals surface area (Å²) in [7, 11) is 0. The molecule has 3 N–H and O–H groups in total. The van der Waals surface area contributed by atoms with Gasteiger partial charge in [-0.15, -0.1) is 0 Å². The normalized spacial score (nSPS) is 19.4. The van der Waals surface area contributed by atoms with E-state index in [4.69, 9.17) is 9.84 Å². The molecule has 0 radical (unpaired) electrons. The smallest absolute Gasteiger partial charge is 0.410 e. The van der Waals surface area contributed by atoms with E-state index < -0.39 is 5.97 Å². The lowest BCUT2D eigenvalue weighted by atomic mass is 9.85. The number of aryl methyl sites for hydroxylation is 2. The maximum atomic E-state index is 12.7. The zero-order valence-corrected chi connectivity index (χ0v) is 20.3. The van der Waals surface area contributed by atoms with Crippen molar-refractivity contribution in [2.24, 2.45) is 5.92 Å². The van der Waals surface area contributed by atoms with Crippen molar-refractivity contribution in [3.8, 4) is 0 Å². The van der Waals surface area contributed by atoms with Gasteiger partial charge in [0.05, 0.1) is 0 Å². The molecule has 0 saturated heterocycles. The van der Waals surface area contributed by atoms with Crippen LogP contribution in [0.2, 0.25) is 0 Å². The van der Waals surface area contributed by atoms with Crippen LogP contribution >= 0.6 is 0 Å². The zero-order valence-electron chi connectivity index (χ0n) is 20.3. The molecule has 35 heavy (non-hydrogen) atoms. The highest BCUT2D eigenvalue weighted by Crippen LogP contribution is 2.30. The van der Waals surface area contributed by atoms with E-state index in [9.17, 15) is 14.4 Å². The number of carbonyl (C=O) groups excluding carboxylic acids is 2. The highest BCUT2D eigenvalue weighted by Gasteiger charge is 2.28. The Hall–Kier alpha value is -3.55. The predicted molar refractivity (Wildman–Crippen MR) is 134 cm³/mol. The Morgan fingerprint density at radius 3 is 2.31 bits per heavy atom. The number of nitrogens with zero attached hydrogens (tertiary/aromatic N) is 1. The van der Waals surface area contributed by atoms with E-state index >= 15 is 0 Å². The molecule has 1 fully saturated rings. The second-order valence-corrected chi connectivity index (χ2v) is 9.66. The van der Waals surface area contributed by atoms with Crippen LogP contribution in [0.1, 0.15) is 54.4 Å². The number of hydrogen-bond acceptors (Lipinski definition) is 4. The summed E-state index contributed by atoms with van der Waals surface area (Å²) in [5.74, 6) is -0.590.